The summed E-state index contributed by atoms with van der Waals surface area (Å²) in [5.41, 5.74) is 4.00. The fraction of sp³-hybridized carbons (Fsp3) is 0.400. The van der Waals surface area contributed by atoms with Gasteiger partial charge in [0.25, 0.3) is 0 Å². The van der Waals surface area contributed by atoms with Gasteiger partial charge in [-0.25, -0.2) is 0 Å². The Kier molecular flexibility index (Phi) is 6.44. The molecule has 0 amide bonds. The maximum Gasteiger partial charge on any atom is 0.00973 e. The number of aryl methyl sites for hydroxylation is 1. The molecule has 1 nitrogen and oxygen atoms in total. The van der Waals surface area contributed by atoms with Gasteiger partial charge in [-0.3, -0.25) is 0 Å². The minimum Gasteiger partial charge on any atom is -0.423 e. The van der Waals surface area contributed by atoms with Gasteiger partial charge in [0.1, 0.15) is 0 Å². The molecule has 1 aromatic rings. The number of benzene rings is 1. The van der Waals surface area contributed by atoms with Crippen molar-refractivity contribution in [1.29, 1.82) is 0 Å². The van der Waals surface area contributed by atoms with Gasteiger partial charge in [0.05, 0.1) is 0 Å². The van der Waals surface area contributed by atoms with Gasteiger partial charge >= 0.3 is 0 Å². The monoisotopic (exact) mass is 302 g/mol. The van der Waals surface area contributed by atoms with Crippen LogP contribution in [0.15, 0.2) is 29.8 Å². The largest absolute Gasteiger partial charge is 0.423 e. The zero-order chi connectivity index (χ0) is 11.4. The van der Waals surface area contributed by atoms with Gasteiger partial charge in [0.15, 0.2) is 0 Å². The minimum absolute atomic E-state index is 0. The third kappa shape index (κ3) is 4.93. The number of allylic oxidation sites excluding steroid dienone is 1. The van der Waals surface area contributed by atoms with E-state index in [4.69, 9.17) is 0 Å². The van der Waals surface area contributed by atoms with Gasteiger partial charge < -0.3 is 4.90 Å². The van der Waals surface area contributed by atoms with Gasteiger partial charge in [-0.2, -0.15) is 23.8 Å². The van der Waals surface area contributed by atoms with Crippen molar-refractivity contribution >= 4 is 5.69 Å². The summed E-state index contributed by atoms with van der Waals surface area (Å²) in [4.78, 5) is 2.45. The summed E-state index contributed by atoms with van der Waals surface area (Å²) in [6, 6.07) is 9.73. The van der Waals surface area contributed by atoms with Crippen LogP contribution in [-0.2, 0) is 32.7 Å². The molecule has 17 heavy (non-hydrogen) atoms. The first kappa shape index (κ1) is 14.9. The zero-order valence-corrected chi connectivity index (χ0v) is 13.6. The Balaban J connectivity index is 0.00000144. The molecular weight excluding hydrogens is 283 g/mol. The van der Waals surface area contributed by atoms with Crippen molar-refractivity contribution < 1.29 is 32.7 Å². The molecule has 88 valence electrons. The van der Waals surface area contributed by atoms with Crippen LogP contribution in [0, 0.1) is 19.4 Å². The quantitative estimate of drug-likeness (QED) is 0.727. The number of nitrogens with zero attached hydrogens (tertiary/aromatic N) is 1. The number of hydrogen-bond acceptors (Lipinski definition) is 1. The first-order valence-electron chi connectivity index (χ1n) is 6.07. The van der Waals surface area contributed by atoms with E-state index in [1.54, 1.807) is 0 Å². The molecular formula is C15H19NY-. The van der Waals surface area contributed by atoms with Crippen molar-refractivity contribution in [2.24, 2.45) is 0 Å². The van der Waals surface area contributed by atoms with Crippen molar-refractivity contribution in [2.45, 2.75) is 26.7 Å². The predicted molar refractivity (Wildman–Crippen MR) is 69.5 cm³/mol. The van der Waals surface area contributed by atoms with Crippen LogP contribution in [0.25, 0.3) is 0 Å². The van der Waals surface area contributed by atoms with Gasteiger partial charge in [0, 0.05) is 52.2 Å². The average molecular weight is 302 g/mol. The van der Waals surface area contributed by atoms with Crippen molar-refractivity contribution in [1.82, 2.24) is 0 Å². The Labute approximate surface area is 130 Å². The van der Waals surface area contributed by atoms with Crippen LogP contribution in [0.5, 0.6) is 0 Å². The molecule has 0 fully saturated rings. The van der Waals surface area contributed by atoms with Crippen LogP contribution in [-0.4, -0.2) is 13.1 Å². The third-order valence-electron chi connectivity index (χ3n) is 2.88. The van der Waals surface area contributed by atoms with Crippen molar-refractivity contribution in [3.63, 3.8) is 0 Å². The van der Waals surface area contributed by atoms with Crippen molar-refractivity contribution in [3.8, 4) is 0 Å². The molecule has 1 aliphatic rings. The normalized spacial score (nSPS) is 12.7. The molecule has 0 N–H and O–H groups in total. The van der Waals surface area contributed by atoms with E-state index in [-0.39, 0.29) is 32.7 Å². The fourth-order valence-electron chi connectivity index (χ4n) is 1.82. The average Bonchev–Trinajstić information content (AvgIpc) is 3.09. The Bertz CT molecular complexity index is 367. The zero-order valence-electron chi connectivity index (χ0n) is 10.7. The molecule has 0 saturated carbocycles. The Morgan fingerprint density at radius 2 is 2.00 bits per heavy atom. The van der Waals surface area contributed by atoms with Crippen molar-refractivity contribution in [2.75, 3.05) is 18.0 Å². The van der Waals surface area contributed by atoms with Crippen LogP contribution in [0.2, 0.25) is 0 Å². The Hall–Kier alpha value is -0.136. The van der Waals surface area contributed by atoms with E-state index in [1.165, 1.54) is 29.7 Å². The van der Waals surface area contributed by atoms with E-state index in [0.717, 1.165) is 13.1 Å². The molecule has 0 spiro atoms. The van der Waals surface area contributed by atoms with Crippen LogP contribution >= 0.6 is 0 Å². The van der Waals surface area contributed by atoms with Crippen LogP contribution in [0.1, 0.15) is 25.3 Å². The molecule has 1 aromatic carbocycles. The van der Waals surface area contributed by atoms with E-state index in [1.807, 2.05) is 0 Å². The van der Waals surface area contributed by atoms with Crippen LogP contribution in [0.3, 0.4) is 0 Å². The minimum atomic E-state index is 0. The summed E-state index contributed by atoms with van der Waals surface area (Å²) in [7, 11) is 0. The van der Waals surface area contributed by atoms with E-state index in [0.29, 0.717) is 0 Å². The number of rotatable bonds is 6. The summed E-state index contributed by atoms with van der Waals surface area (Å²) in [5.74, 6) is 0. The van der Waals surface area contributed by atoms with Gasteiger partial charge in [0.2, 0.25) is 0 Å². The molecule has 0 saturated heterocycles. The van der Waals surface area contributed by atoms with Crippen LogP contribution in [0.4, 0.5) is 5.69 Å². The Morgan fingerprint density at radius 3 is 2.53 bits per heavy atom. The van der Waals surface area contributed by atoms with Crippen LogP contribution < -0.4 is 4.90 Å². The van der Waals surface area contributed by atoms with Crippen molar-refractivity contribution in [3.05, 3.63) is 47.9 Å². The summed E-state index contributed by atoms with van der Waals surface area (Å²) in [5, 5.41) is 0. The second-order valence-electron chi connectivity index (χ2n) is 4.38. The van der Waals surface area contributed by atoms with E-state index in [9.17, 15) is 0 Å². The first-order chi connectivity index (χ1) is 7.79. The Morgan fingerprint density at radius 1 is 1.24 bits per heavy atom. The third-order valence-corrected chi connectivity index (χ3v) is 2.88. The molecule has 0 atom stereocenters. The molecule has 0 aromatic heterocycles. The topological polar surface area (TPSA) is 3.24 Å². The van der Waals surface area contributed by atoms with E-state index in [2.05, 4.69) is 55.5 Å². The van der Waals surface area contributed by atoms with Gasteiger partial charge in [-0.15, -0.1) is 6.07 Å². The molecule has 0 heterocycles. The SMILES string of the molecule is CCCN(CCC1=C[CH]1)c1c[c-]c(C)cc1.[Y]. The van der Waals surface area contributed by atoms with Gasteiger partial charge in [-0.1, -0.05) is 31.2 Å². The number of anilines is 1. The van der Waals surface area contributed by atoms with E-state index >= 15 is 0 Å². The molecule has 0 bridgehead atoms. The second kappa shape index (κ2) is 7.33. The molecule has 0 unspecified atom stereocenters. The summed E-state index contributed by atoms with van der Waals surface area (Å²) in [6.45, 7) is 6.56. The predicted octanol–water partition coefficient (Wildman–Crippen LogP) is 3.54. The standard InChI is InChI=1S/C15H19N.Y/c1-3-11-16(12-10-14-6-7-14)15-8-4-13(2)5-9-15;/h4,6-9H,3,10-12H2,1-2H3;/q-1;. The fourth-order valence-corrected chi connectivity index (χ4v) is 1.82. The molecule has 0 aliphatic heterocycles. The smallest absolute Gasteiger partial charge is 0.00973 e. The maximum absolute atomic E-state index is 3.28. The maximum atomic E-state index is 3.28. The summed E-state index contributed by atoms with van der Waals surface area (Å²) in [6.07, 6.45) is 6.77. The summed E-state index contributed by atoms with van der Waals surface area (Å²) < 4.78 is 0. The first-order valence-corrected chi connectivity index (χ1v) is 6.07. The van der Waals surface area contributed by atoms with Gasteiger partial charge in [-0.05, 0) is 12.8 Å². The molecule has 2 radical (unpaired) electrons. The second-order valence-corrected chi connectivity index (χ2v) is 4.38. The molecule has 2 rings (SSSR count). The molecule has 2 heteroatoms. The molecule has 1 aliphatic carbocycles. The van der Waals surface area contributed by atoms with E-state index < -0.39 is 0 Å². The summed E-state index contributed by atoms with van der Waals surface area (Å²) >= 11 is 0. The number of hydrogen-bond donors (Lipinski definition) is 0.